The summed E-state index contributed by atoms with van der Waals surface area (Å²) in [4.78, 5) is 11.9. The maximum atomic E-state index is 11.9. The first kappa shape index (κ1) is 19.5. The van der Waals surface area contributed by atoms with Gasteiger partial charge in [0.05, 0.1) is 5.69 Å². The van der Waals surface area contributed by atoms with Crippen LogP contribution < -0.4 is 20.9 Å². The summed E-state index contributed by atoms with van der Waals surface area (Å²) in [6.45, 7) is 4.37. The lowest BCUT2D eigenvalue weighted by Crippen LogP contribution is -2.44. The summed E-state index contributed by atoms with van der Waals surface area (Å²) < 4.78 is 6.08. The Morgan fingerprint density at radius 2 is 1.75 bits per heavy atom. The van der Waals surface area contributed by atoms with Gasteiger partial charge >= 0.3 is 6.03 Å². The maximum Gasteiger partial charge on any atom is 0.336 e. The Morgan fingerprint density at radius 3 is 2.46 bits per heavy atom. The van der Waals surface area contributed by atoms with E-state index in [0.717, 1.165) is 33.0 Å². The quantitative estimate of drug-likeness (QED) is 0.390. The molecule has 0 bridgehead atoms. The van der Waals surface area contributed by atoms with Gasteiger partial charge in [-0.05, 0) is 54.3 Å². The zero-order chi connectivity index (χ0) is 20.1. The normalized spacial score (nSPS) is 10.4. The molecule has 3 aromatic rings. The van der Waals surface area contributed by atoms with Gasteiger partial charge in [0.15, 0.2) is 0 Å². The molecule has 28 heavy (non-hydrogen) atoms. The molecule has 5 heteroatoms. The average Bonchev–Trinajstić information content (AvgIpc) is 2.73. The Balaban J connectivity index is 1.86. The number of hydrogen-bond donors (Lipinski definition) is 2. The molecule has 3 aromatic carbocycles. The van der Waals surface area contributed by atoms with Gasteiger partial charge in [-0.15, -0.1) is 0 Å². The minimum atomic E-state index is -0.381. The van der Waals surface area contributed by atoms with Gasteiger partial charge in [0.2, 0.25) is 0 Å². The predicted molar refractivity (Wildman–Crippen MR) is 113 cm³/mol. The summed E-state index contributed by atoms with van der Waals surface area (Å²) in [7, 11) is 1.55. The molecule has 0 aliphatic heterocycles. The fraction of sp³-hybridized carbons (Fsp3) is 0.174. The molecule has 0 saturated carbocycles. The second-order valence-corrected chi connectivity index (χ2v) is 6.63. The van der Waals surface area contributed by atoms with E-state index in [0.29, 0.717) is 12.3 Å². The fourth-order valence-corrected chi connectivity index (χ4v) is 3.11. The molecule has 3 rings (SSSR count). The Bertz CT molecular complexity index is 971. The highest BCUT2D eigenvalue weighted by Crippen LogP contribution is 2.29. The second-order valence-electron chi connectivity index (χ2n) is 6.63. The molecule has 0 aliphatic rings. The summed E-state index contributed by atoms with van der Waals surface area (Å²) in [5.41, 5.74) is 5.96. The SMILES string of the molecule is CNC(=O)N(N)c1cccc(C)c1COc1ccc(C)c(-c2ccccc2)c1. The number of urea groups is 1. The van der Waals surface area contributed by atoms with Crippen molar-refractivity contribution in [3.05, 3.63) is 83.4 Å². The molecule has 2 amide bonds. The molecular weight excluding hydrogens is 350 g/mol. The van der Waals surface area contributed by atoms with E-state index in [1.54, 1.807) is 7.05 Å². The number of carbonyl (C=O) groups excluding carboxylic acids is 1. The molecule has 0 heterocycles. The van der Waals surface area contributed by atoms with Crippen molar-refractivity contribution < 1.29 is 9.53 Å². The van der Waals surface area contributed by atoms with E-state index < -0.39 is 0 Å². The lowest BCUT2D eigenvalue weighted by molar-refractivity contribution is 0.248. The third-order valence-electron chi connectivity index (χ3n) is 4.75. The van der Waals surface area contributed by atoms with Crippen LogP contribution in [0.25, 0.3) is 11.1 Å². The Morgan fingerprint density at radius 1 is 1.00 bits per heavy atom. The summed E-state index contributed by atoms with van der Waals surface area (Å²) >= 11 is 0. The van der Waals surface area contributed by atoms with Gasteiger partial charge < -0.3 is 10.1 Å². The minimum Gasteiger partial charge on any atom is -0.489 e. The van der Waals surface area contributed by atoms with Crippen LogP contribution in [0.5, 0.6) is 5.75 Å². The van der Waals surface area contributed by atoms with Crippen LogP contribution in [0.3, 0.4) is 0 Å². The number of aryl methyl sites for hydroxylation is 2. The average molecular weight is 375 g/mol. The van der Waals surface area contributed by atoms with Crippen molar-refractivity contribution in [1.82, 2.24) is 5.32 Å². The number of anilines is 1. The van der Waals surface area contributed by atoms with Crippen LogP contribution in [-0.4, -0.2) is 13.1 Å². The van der Waals surface area contributed by atoms with Crippen molar-refractivity contribution in [2.75, 3.05) is 12.1 Å². The minimum absolute atomic E-state index is 0.310. The van der Waals surface area contributed by atoms with Gasteiger partial charge in [-0.25, -0.2) is 15.6 Å². The number of hydrazine groups is 1. The van der Waals surface area contributed by atoms with Crippen LogP contribution in [-0.2, 0) is 6.61 Å². The monoisotopic (exact) mass is 375 g/mol. The third kappa shape index (κ3) is 4.15. The number of rotatable bonds is 5. The number of benzene rings is 3. The highest BCUT2D eigenvalue weighted by molar-refractivity contribution is 5.91. The number of carbonyl (C=O) groups is 1. The van der Waals surface area contributed by atoms with Crippen molar-refractivity contribution in [3.8, 4) is 16.9 Å². The largest absolute Gasteiger partial charge is 0.489 e. The maximum absolute atomic E-state index is 11.9. The van der Waals surface area contributed by atoms with Crippen LogP contribution in [0.1, 0.15) is 16.7 Å². The van der Waals surface area contributed by atoms with E-state index in [9.17, 15) is 4.79 Å². The molecule has 0 aliphatic carbocycles. The van der Waals surface area contributed by atoms with Crippen LogP contribution in [0.2, 0.25) is 0 Å². The molecule has 0 unspecified atom stereocenters. The number of ether oxygens (including phenoxy) is 1. The van der Waals surface area contributed by atoms with Gasteiger partial charge in [-0.2, -0.15) is 0 Å². The number of nitrogens with two attached hydrogens (primary N) is 1. The zero-order valence-corrected chi connectivity index (χ0v) is 16.4. The Hall–Kier alpha value is -3.31. The molecule has 5 nitrogen and oxygen atoms in total. The van der Waals surface area contributed by atoms with Crippen molar-refractivity contribution in [3.63, 3.8) is 0 Å². The summed E-state index contributed by atoms with van der Waals surface area (Å²) in [5, 5.41) is 3.64. The molecule has 0 spiro atoms. The van der Waals surface area contributed by atoms with Gasteiger partial charge in [-0.3, -0.25) is 0 Å². The van der Waals surface area contributed by atoms with Gasteiger partial charge in [0, 0.05) is 12.6 Å². The summed E-state index contributed by atoms with van der Waals surface area (Å²) in [6, 6.07) is 21.6. The Labute approximate surface area is 165 Å². The summed E-state index contributed by atoms with van der Waals surface area (Å²) in [6.07, 6.45) is 0. The predicted octanol–water partition coefficient (Wildman–Crippen LogP) is 4.57. The molecule has 3 N–H and O–H groups in total. The number of nitrogens with one attached hydrogen (secondary N) is 1. The standard InChI is InChI=1S/C23H25N3O2/c1-16-8-7-11-22(26(24)23(27)25-3)21(16)15-28-19-13-12-17(2)20(14-19)18-9-5-4-6-10-18/h4-14H,15,24H2,1-3H3,(H,25,27). The second kappa shape index (κ2) is 8.59. The molecule has 0 fully saturated rings. The fourth-order valence-electron chi connectivity index (χ4n) is 3.11. The highest BCUT2D eigenvalue weighted by Gasteiger charge is 2.16. The first-order chi connectivity index (χ1) is 13.5. The lowest BCUT2D eigenvalue weighted by Gasteiger charge is -2.21. The first-order valence-electron chi connectivity index (χ1n) is 9.15. The van der Waals surface area contributed by atoms with Gasteiger partial charge in [-0.1, -0.05) is 48.5 Å². The van der Waals surface area contributed by atoms with Crippen LogP contribution in [0.15, 0.2) is 66.7 Å². The van der Waals surface area contributed by atoms with Gasteiger partial charge in [0.1, 0.15) is 12.4 Å². The molecule has 0 aromatic heterocycles. The van der Waals surface area contributed by atoms with Crippen LogP contribution >= 0.6 is 0 Å². The van der Waals surface area contributed by atoms with E-state index >= 15 is 0 Å². The summed E-state index contributed by atoms with van der Waals surface area (Å²) in [5.74, 6) is 6.74. The lowest BCUT2D eigenvalue weighted by atomic mass is 10.0. The van der Waals surface area contributed by atoms with Crippen molar-refractivity contribution in [2.24, 2.45) is 5.84 Å². The van der Waals surface area contributed by atoms with Crippen LogP contribution in [0.4, 0.5) is 10.5 Å². The van der Waals surface area contributed by atoms with Crippen LogP contribution in [0, 0.1) is 13.8 Å². The number of nitrogens with zero attached hydrogens (tertiary/aromatic N) is 1. The smallest absolute Gasteiger partial charge is 0.336 e. The first-order valence-corrected chi connectivity index (χ1v) is 9.15. The number of amides is 2. The molecular formula is C23H25N3O2. The Kier molecular flexibility index (Phi) is 5.96. The van der Waals surface area contributed by atoms with Crippen molar-refractivity contribution in [1.29, 1.82) is 0 Å². The molecule has 0 radical (unpaired) electrons. The van der Waals surface area contributed by atoms with E-state index in [1.165, 1.54) is 5.56 Å². The third-order valence-corrected chi connectivity index (χ3v) is 4.75. The van der Waals surface area contributed by atoms with Crippen molar-refractivity contribution >= 4 is 11.7 Å². The van der Waals surface area contributed by atoms with Crippen molar-refractivity contribution in [2.45, 2.75) is 20.5 Å². The topological polar surface area (TPSA) is 67.6 Å². The van der Waals surface area contributed by atoms with E-state index in [1.807, 2.05) is 55.5 Å². The van der Waals surface area contributed by atoms with E-state index in [4.69, 9.17) is 10.6 Å². The molecule has 144 valence electrons. The number of hydrogen-bond acceptors (Lipinski definition) is 3. The van der Waals surface area contributed by atoms with E-state index in [2.05, 4.69) is 30.4 Å². The van der Waals surface area contributed by atoms with Gasteiger partial charge in [0.25, 0.3) is 0 Å². The molecule has 0 saturated heterocycles. The zero-order valence-electron chi connectivity index (χ0n) is 16.4. The highest BCUT2D eigenvalue weighted by atomic mass is 16.5. The molecule has 0 atom stereocenters. The van der Waals surface area contributed by atoms with E-state index in [-0.39, 0.29) is 6.03 Å².